The van der Waals surface area contributed by atoms with Gasteiger partial charge in [0.1, 0.15) is 35.4 Å². The molecule has 15 heteroatoms. The quantitative estimate of drug-likeness (QED) is 0.134. The fourth-order valence-electron chi connectivity index (χ4n) is 5.70. The first-order chi connectivity index (χ1) is 36.0. The predicted octanol–water partition coefficient (Wildman–Crippen LogP) is 17.0. The van der Waals surface area contributed by atoms with Gasteiger partial charge in [-0.05, 0) is 102 Å². The maximum Gasteiger partial charge on any atom is 0.147 e. The first-order valence-corrected chi connectivity index (χ1v) is 25.7. The third-order valence-electron chi connectivity index (χ3n) is 10.2. The van der Waals surface area contributed by atoms with Crippen LogP contribution in [0.15, 0.2) is 153 Å². The van der Waals surface area contributed by atoms with Gasteiger partial charge in [0, 0.05) is 91.0 Å². The van der Waals surface area contributed by atoms with Gasteiger partial charge in [-0.2, -0.15) is 0 Å². The average molecular weight is 1060 g/mol. The summed E-state index contributed by atoms with van der Waals surface area (Å²) in [6.45, 7) is 32.7. The monoisotopic (exact) mass is 1060 g/mol. The van der Waals surface area contributed by atoms with Crippen LogP contribution >= 0.6 is 0 Å². The normalized spacial score (nSPS) is 10.1. The Labute approximate surface area is 458 Å². The fraction of sp³-hybridized carbons (Fsp3) is 0.403. The van der Waals surface area contributed by atoms with Crippen molar-refractivity contribution in [1.29, 1.82) is 0 Å². The van der Waals surface area contributed by atoms with Crippen molar-refractivity contribution in [3.8, 4) is 0 Å². The van der Waals surface area contributed by atoms with E-state index in [4.69, 9.17) is 0 Å². The zero-order chi connectivity index (χ0) is 57.0. The molecule has 0 aromatic carbocycles. The van der Waals surface area contributed by atoms with Crippen molar-refractivity contribution in [2.45, 2.75) is 166 Å². The highest BCUT2D eigenvalue weighted by Gasteiger charge is 2.09. The van der Waals surface area contributed by atoms with Crippen LogP contribution in [0.2, 0.25) is 0 Å². The number of pyridine rings is 5. The minimum atomic E-state index is -0.632. The molecular formula is C62H85F4N11. The lowest BCUT2D eigenvalue weighted by atomic mass is 10.1. The minimum absolute atomic E-state index is 0. The summed E-state index contributed by atoms with van der Waals surface area (Å²) < 4.78 is 50.2. The maximum atomic E-state index is 12.8. The van der Waals surface area contributed by atoms with E-state index in [0.29, 0.717) is 46.9 Å². The smallest absolute Gasteiger partial charge is 0.147 e. The van der Waals surface area contributed by atoms with E-state index < -0.39 is 11.6 Å². The van der Waals surface area contributed by atoms with Crippen LogP contribution < -0.4 is 0 Å². The summed E-state index contributed by atoms with van der Waals surface area (Å²) in [5, 5.41) is 0. The molecule has 0 unspecified atom stereocenters. The van der Waals surface area contributed by atoms with Crippen LogP contribution in [0.4, 0.5) is 17.6 Å². The summed E-state index contributed by atoms with van der Waals surface area (Å²) >= 11 is 0. The highest BCUT2D eigenvalue weighted by molar-refractivity contribution is 5.14. The number of aromatic nitrogens is 11. The van der Waals surface area contributed by atoms with Crippen LogP contribution in [0, 0.1) is 23.3 Å². The number of hydrogen-bond acceptors (Lipinski definition) is 11. The highest BCUT2D eigenvalue weighted by atomic mass is 19.1. The Morgan fingerprint density at radius 3 is 1.21 bits per heavy atom. The zero-order valence-electron chi connectivity index (χ0n) is 47.5. The van der Waals surface area contributed by atoms with E-state index in [-0.39, 0.29) is 30.9 Å². The van der Waals surface area contributed by atoms with Gasteiger partial charge in [-0.1, -0.05) is 130 Å². The highest BCUT2D eigenvalue weighted by Crippen LogP contribution is 2.17. The molecule has 0 saturated carbocycles. The van der Waals surface area contributed by atoms with E-state index >= 15 is 0 Å². The molecule has 8 heterocycles. The van der Waals surface area contributed by atoms with Gasteiger partial charge in [0.15, 0.2) is 0 Å². The van der Waals surface area contributed by atoms with E-state index in [1.54, 1.807) is 68.0 Å². The summed E-state index contributed by atoms with van der Waals surface area (Å²) in [7, 11) is 0. The Bertz CT molecular complexity index is 2390. The Balaban J connectivity index is 0.000000856. The second-order valence-electron chi connectivity index (χ2n) is 19.4. The van der Waals surface area contributed by atoms with Crippen molar-refractivity contribution in [2.75, 3.05) is 0 Å². The Hall–Kier alpha value is -7.29. The van der Waals surface area contributed by atoms with Gasteiger partial charge in [-0.25, -0.2) is 37.5 Å². The molecule has 0 aliphatic carbocycles. The topological polar surface area (TPSA) is 142 Å². The molecule has 0 radical (unpaired) electrons. The van der Waals surface area contributed by atoms with Crippen molar-refractivity contribution in [3.63, 3.8) is 0 Å². The SMILES string of the molecule is C.CC(C)c1ccc(F)cn1.CC(C)c1ccccn1.CC(C)c1cccnc1.CC(C)c1ccncn1.CC(C)c1cnccn1.CC(C)c1ncc(F)cc1F.CC(C)c1ncccc1F.CC(C)c1ncccn1. The molecule has 0 spiro atoms. The second kappa shape index (κ2) is 40.0. The van der Waals surface area contributed by atoms with Gasteiger partial charge in [-0.3, -0.25) is 34.9 Å². The van der Waals surface area contributed by atoms with Gasteiger partial charge < -0.3 is 0 Å². The number of hydrogen-bond donors (Lipinski definition) is 0. The van der Waals surface area contributed by atoms with Crippen molar-refractivity contribution >= 4 is 0 Å². The molecule has 0 bridgehead atoms. The van der Waals surface area contributed by atoms with Crippen LogP contribution in [0.1, 0.15) is 211 Å². The first kappa shape index (κ1) is 69.7. The van der Waals surface area contributed by atoms with Gasteiger partial charge in [0.2, 0.25) is 0 Å². The molecule has 0 N–H and O–H groups in total. The van der Waals surface area contributed by atoms with E-state index in [9.17, 15) is 17.6 Å². The molecule has 0 aliphatic rings. The molecule has 416 valence electrons. The van der Waals surface area contributed by atoms with Crippen LogP contribution in [-0.2, 0) is 0 Å². The number of halogens is 4. The molecular weight excluding hydrogens is 975 g/mol. The van der Waals surface area contributed by atoms with Crippen molar-refractivity contribution < 1.29 is 17.6 Å². The largest absolute Gasteiger partial charge is 0.264 e. The van der Waals surface area contributed by atoms with E-state index in [0.717, 1.165) is 40.9 Å². The average Bonchev–Trinajstić information content (AvgIpc) is 3.41. The number of nitrogens with zero attached hydrogens (tertiary/aromatic N) is 11. The Morgan fingerprint density at radius 1 is 0.312 bits per heavy atom. The van der Waals surface area contributed by atoms with Crippen LogP contribution in [0.5, 0.6) is 0 Å². The van der Waals surface area contributed by atoms with Crippen molar-refractivity contribution in [1.82, 2.24) is 54.8 Å². The lowest BCUT2D eigenvalue weighted by molar-refractivity contribution is 0.548. The lowest BCUT2D eigenvalue weighted by Gasteiger charge is -2.03. The lowest BCUT2D eigenvalue weighted by Crippen LogP contribution is -1.97. The van der Waals surface area contributed by atoms with E-state index in [1.165, 1.54) is 23.9 Å². The van der Waals surface area contributed by atoms with E-state index in [1.807, 2.05) is 90.3 Å². The maximum absolute atomic E-state index is 12.8. The molecule has 8 aromatic rings. The molecule has 8 rings (SSSR count). The Kier molecular flexibility index (Phi) is 36.2. The summed E-state index contributed by atoms with van der Waals surface area (Å²) in [5.41, 5.74) is 6.41. The van der Waals surface area contributed by atoms with E-state index in [2.05, 4.69) is 130 Å². The van der Waals surface area contributed by atoms with Gasteiger partial charge in [0.05, 0.1) is 29.5 Å². The minimum Gasteiger partial charge on any atom is -0.264 e. The van der Waals surface area contributed by atoms with Crippen molar-refractivity contribution in [2.24, 2.45) is 0 Å². The molecule has 0 atom stereocenters. The molecule has 0 amide bonds. The molecule has 11 nitrogen and oxygen atoms in total. The van der Waals surface area contributed by atoms with Gasteiger partial charge in [-0.15, -0.1) is 0 Å². The molecule has 0 aliphatic heterocycles. The third kappa shape index (κ3) is 31.4. The second-order valence-corrected chi connectivity index (χ2v) is 19.4. The predicted molar refractivity (Wildman–Crippen MR) is 307 cm³/mol. The summed E-state index contributed by atoms with van der Waals surface area (Å²) in [4.78, 5) is 43.7. The first-order valence-electron chi connectivity index (χ1n) is 25.7. The molecule has 77 heavy (non-hydrogen) atoms. The van der Waals surface area contributed by atoms with Crippen LogP contribution in [0.25, 0.3) is 0 Å². The van der Waals surface area contributed by atoms with Crippen LogP contribution in [-0.4, -0.2) is 54.8 Å². The standard InChI is InChI=1S/C8H9F2N.2C8H10FN.2C8H11N.3C7H10N2.CH4/c1-5(2)8-7(10)3-6(9)4-11-8;1-6(2)8-4-3-7(9)5-10-8;1-6(2)8-7(9)4-3-5-10-8;1-7(2)8-4-3-5-9-6-8;1-7(2)8-5-3-4-6-9-8;1-6(2)7-5-8-3-4-9-7;1-6(2)7-3-4-8-5-9-7;1-6(2)7-8-4-3-5-9-7;/h3-5H,1-2H3;2*3-6H,1-2H3;2*3-7H,1-2H3;3*3-6H,1-2H3;1H4. The molecule has 0 fully saturated rings. The summed E-state index contributed by atoms with van der Waals surface area (Å²) in [6.07, 6.45) is 21.5. The zero-order valence-corrected chi connectivity index (χ0v) is 47.5. The van der Waals surface area contributed by atoms with Crippen LogP contribution in [0.3, 0.4) is 0 Å². The fourth-order valence-corrected chi connectivity index (χ4v) is 5.70. The summed E-state index contributed by atoms with van der Waals surface area (Å²) in [5.74, 6) is 2.34. The number of rotatable bonds is 8. The summed E-state index contributed by atoms with van der Waals surface area (Å²) in [6, 6.07) is 20.8. The molecule has 0 saturated heterocycles. The third-order valence-corrected chi connectivity index (χ3v) is 10.2. The molecule has 8 aromatic heterocycles. The van der Waals surface area contributed by atoms with Gasteiger partial charge >= 0.3 is 0 Å². The van der Waals surface area contributed by atoms with Gasteiger partial charge in [0.25, 0.3) is 0 Å². The Morgan fingerprint density at radius 2 is 0.844 bits per heavy atom. The van der Waals surface area contributed by atoms with Crippen molar-refractivity contribution in [3.05, 3.63) is 222 Å².